The Hall–Kier alpha value is -1.16. The van der Waals surface area contributed by atoms with Gasteiger partial charge in [0.15, 0.2) is 0 Å². The van der Waals surface area contributed by atoms with Crippen molar-refractivity contribution in [2.75, 3.05) is 0 Å². The summed E-state index contributed by atoms with van der Waals surface area (Å²) in [6.07, 6.45) is 2.09. The minimum atomic E-state index is 0.228. The summed E-state index contributed by atoms with van der Waals surface area (Å²) in [6.45, 7) is 4.30. The van der Waals surface area contributed by atoms with Gasteiger partial charge in [0.1, 0.15) is 0 Å². The first-order valence-electron chi connectivity index (χ1n) is 6.25. The Morgan fingerprint density at radius 1 is 1.22 bits per heavy atom. The predicted molar refractivity (Wildman–Crippen MR) is 78.6 cm³/mol. The van der Waals surface area contributed by atoms with E-state index in [2.05, 4.69) is 54.3 Å². The summed E-state index contributed by atoms with van der Waals surface area (Å²) in [5.74, 6) is 5.73. The Morgan fingerprint density at radius 2 is 1.94 bits per heavy atom. The third kappa shape index (κ3) is 2.99. The lowest BCUT2D eigenvalue weighted by atomic mass is 9.93. The zero-order valence-electron chi connectivity index (χ0n) is 10.9. The van der Waals surface area contributed by atoms with Gasteiger partial charge >= 0.3 is 0 Å². The number of hydrogen-bond acceptors (Lipinski definition) is 3. The highest BCUT2D eigenvalue weighted by atomic mass is 32.1. The molecule has 1 aromatic carbocycles. The molecule has 0 saturated carbocycles. The Bertz CT molecular complexity index is 471. The van der Waals surface area contributed by atoms with Crippen LogP contribution in [-0.2, 0) is 6.42 Å². The normalized spacial score (nSPS) is 12.6. The minimum Gasteiger partial charge on any atom is -0.271 e. The lowest BCUT2D eigenvalue weighted by molar-refractivity contribution is 0.512. The number of hydrogen-bond donors (Lipinski definition) is 2. The van der Waals surface area contributed by atoms with Gasteiger partial charge in [-0.1, -0.05) is 18.2 Å². The van der Waals surface area contributed by atoms with E-state index in [0.717, 1.165) is 12.8 Å². The molecule has 3 N–H and O–H groups in total. The molecular formula is C15H20N2S. The number of hydrazine groups is 1. The molecular weight excluding hydrogens is 240 g/mol. The Kier molecular flexibility index (Phi) is 4.53. The van der Waals surface area contributed by atoms with E-state index < -0.39 is 0 Å². The lowest BCUT2D eigenvalue weighted by Gasteiger charge is -2.20. The first-order valence-corrected chi connectivity index (χ1v) is 7.20. The van der Waals surface area contributed by atoms with Crippen LogP contribution >= 0.6 is 11.3 Å². The zero-order chi connectivity index (χ0) is 13.0. The lowest BCUT2D eigenvalue weighted by Crippen LogP contribution is -2.29. The van der Waals surface area contributed by atoms with Gasteiger partial charge in [0.2, 0.25) is 0 Å². The van der Waals surface area contributed by atoms with E-state index in [4.69, 9.17) is 5.84 Å². The molecule has 0 fully saturated rings. The van der Waals surface area contributed by atoms with Crippen LogP contribution in [0.15, 0.2) is 35.0 Å². The van der Waals surface area contributed by atoms with Crippen molar-refractivity contribution in [1.82, 2.24) is 5.43 Å². The smallest absolute Gasteiger partial charge is 0.0468 e. The molecule has 2 rings (SSSR count). The molecule has 0 aliphatic rings. The fourth-order valence-electron chi connectivity index (χ4n) is 2.43. The van der Waals surface area contributed by atoms with E-state index in [1.807, 2.05) is 0 Å². The standard InChI is InChI=1S/C15H20N2S/c1-11-4-3-5-12(2)15(11)14(17-16)7-6-13-8-9-18-10-13/h3-5,8-10,14,17H,6-7,16H2,1-2H3. The van der Waals surface area contributed by atoms with Gasteiger partial charge in [0.05, 0.1) is 0 Å². The van der Waals surface area contributed by atoms with Gasteiger partial charge in [-0.05, 0) is 65.8 Å². The number of thiophene rings is 1. The maximum absolute atomic E-state index is 5.73. The summed E-state index contributed by atoms with van der Waals surface area (Å²) in [5, 5.41) is 4.33. The molecule has 1 unspecified atom stereocenters. The van der Waals surface area contributed by atoms with Crippen LogP contribution < -0.4 is 11.3 Å². The van der Waals surface area contributed by atoms with Crippen molar-refractivity contribution in [3.05, 3.63) is 57.3 Å². The van der Waals surface area contributed by atoms with Crippen LogP contribution in [0.1, 0.15) is 34.7 Å². The monoisotopic (exact) mass is 260 g/mol. The first-order chi connectivity index (χ1) is 8.72. The number of nitrogens with one attached hydrogen (secondary N) is 1. The summed E-state index contributed by atoms with van der Waals surface area (Å²) in [7, 11) is 0. The van der Waals surface area contributed by atoms with Gasteiger partial charge in [-0.25, -0.2) is 0 Å². The van der Waals surface area contributed by atoms with E-state index >= 15 is 0 Å². The second-order valence-corrected chi connectivity index (χ2v) is 5.48. The van der Waals surface area contributed by atoms with Crippen molar-refractivity contribution in [2.45, 2.75) is 32.7 Å². The summed E-state index contributed by atoms with van der Waals surface area (Å²) < 4.78 is 0. The van der Waals surface area contributed by atoms with E-state index in [-0.39, 0.29) is 6.04 Å². The van der Waals surface area contributed by atoms with Gasteiger partial charge in [0, 0.05) is 6.04 Å². The largest absolute Gasteiger partial charge is 0.271 e. The minimum absolute atomic E-state index is 0.228. The number of aryl methyl sites for hydroxylation is 3. The predicted octanol–water partition coefficient (Wildman–Crippen LogP) is 3.50. The highest BCUT2D eigenvalue weighted by molar-refractivity contribution is 7.07. The molecule has 1 heterocycles. The molecule has 2 aromatic rings. The Morgan fingerprint density at radius 3 is 2.50 bits per heavy atom. The molecule has 1 aromatic heterocycles. The SMILES string of the molecule is Cc1cccc(C)c1C(CCc1ccsc1)NN. The third-order valence-corrected chi connectivity index (χ3v) is 4.13. The topological polar surface area (TPSA) is 38.0 Å². The van der Waals surface area contributed by atoms with Gasteiger partial charge in [-0.2, -0.15) is 11.3 Å². The van der Waals surface area contributed by atoms with Crippen LogP contribution in [0.2, 0.25) is 0 Å². The molecule has 0 spiro atoms. The highest BCUT2D eigenvalue weighted by Crippen LogP contribution is 2.25. The van der Waals surface area contributed by atoms with Crippen LogP contribution in [-0.4, -0.2) is 0 Å². The molecule has 96 valence electrons. The molecule has 0 radical (unpaired) electrons. The molecule has 3 heteroatoms. The van der Waals surface area contributed by atoms with Crippen molar-refractivity contribution >= 4 is 11.3 Å². The maximum atomic E-state index is 5.73. The van der Waals surface area contributed by atoms with Crippen molar-refractivity contribution < 1.29 is 0 Å². The molecule has 0 aliphatic heterocycles. The molecule has 0 amide bonds. The van der Waals surface area contributed by atoms with Gasteiger partial charge in [-0.15, -0.1) is 0 Å². The van der Waals surface area contributed by atoms with E-state index in [0.29, 0.717) is 0 Å². The summed E-state index contributed by atoms with van der Waals surface area (Å²) in [6, 6.07) is 8.81. The van der Waals surface area contributed by atoms with Crippen LogP contribution in [0.25, 0.3) is 0 Å². The average molecular weight is 260 g/mol. The summed E-state index contributed by atoms with van der Waals surface area (Å²) in [4.78, 5) is 0. The van der Waals surface area contributed by atoms with Crippen LogP contribution in [0, 0.1) is 13.8 Å². The van der Waals surface area contributed by atoms with Crippen molar-refractivity contribution in [1.29, 1.82) is 0 Å². The van der Waals surface area contributed by atoms with Crippen LogP contribution in [0.3, 0.4) is 0 Å². The van der Waals surface area contributed by atoms with Crippen molar-refractivity contribution in [3.63, 3.8) is 0 Å². The molecule has 0 saturated heterocycles. The van der Waals surface area contributed by atoms with Crippen LogP contribution in [0.4, 0.5) is 0 Å². The molecule has 1 atom stereocenters. The quantitative estimate of drug-likeness (QED) is 0.638. The second-order valence-electron chi connectivity index (χ2n) is 4.70. The second kappa shape index (κ2) is 6.14. The average Bonchev–Trinajstić information content (AvgIpc) is 2.86. The van der Waals surface area contributed by atoms with Gasteiger partial charge in [-0.3, -0.25) is 11.3 Å². The fourth-order valence-corrected chi connectivity index (χ4v) is 3.14. The maximum Gasteiger partial charge on any atom is 0.0468 e. The number of nitrogens with two attached hydrogens (primary N) is 1. The van der Waals surface area contributed by atoms with Gasteiger partial charge < -0.3 is 0 Å². The van der Waals surface area contributed by atoms with E-state index in [1.165, 1.54) is 22.3 Å². The third-order valence-electron chi connectivity index (χ3n) is 3.39. The number of rotatable bonds is 5. The van der Waals surface area contributed by atoms with E-state index in [1.54, 1.807) is 11.3 Å². The molecule has 0 bridgehead atoms. The van der Waals surface area contributed by atoms with Crippen LogP contribution in [0.5, 0.6) is 0 Å². The number of benzene rings is 1. The molecule has 0 aliphatic carbocycles. The van der Waals surface area contributed by atoms with Gasteiger partial charge in [0.25, 0.3) is 0 Å². The Labute approximate surface area is 113 Å². The van der Waals surface area contributed by atoms with Crippen molar-refractivity contribution in [3.8, 4) is 0 Å². The highest BCUT2D eigenvalue weighted by Gasteiger charge is 2.14. The van der Waals surface area contributed by atoms with Crippen molar-refractivity contribution in [2.24, 2.45) is 5.84 Å². The zero-order valence-corrected chi connectivity index (χ0v) is 11.8. The molecule has 18 heavy (non-hydrogen) atoms. The summed E-state index contributed by atoms with van der Waals surface area (Å²) in [5.41, 5.74) is 8.32. The molecule has 2 nitrogen and oxygen atoms in total. The van der Waals surface area contributed by atoms with E-state index in [9.17, 15) is 0 Å². The fraction of sp³-hybridized carbons (Fsp3) is 0.333. The first kappa shape index (κ1) is 13.3. The Balaban J connectivity index is 2.13. The summed E-state index contributed by atoms with van der Waals surface area (Å²) >= 11 is 1.75.